The number of hydrogen-bond donors (Lipinski definition) is 2. The van der Waals surface area contributed by atoms with E-state index in [0.29, 0.717) is 12.6 Å². The monoisotopic (exact) mass is 241 g/mol. The first kappa shape index (κ1) is 11.5. The van der Waals surface area contributed by atoms with Crippen LogP contribution in [-0.4, -0.2) is 28.6 Å². The molecule has 0 bridgehead atoms. The van der Waals surface area contributed by atoms with Crippen molar-refractivity contribution in [2.24, 2.45) is 0 Å². The van der Waals surface area contributed by atoms with E-state index in [0.717, 1.165) is 18.4 Å². The average molecular weight is 241 g/mol. The highest BCUT2D eigenvalue weighted by atomic mass is 32.2. The molecule has 2 heterocycles. The van der Waals surface area contributed by atoms with Crippen LogP contribution >= 0.6 is 11.8 Å². The Balaban J connectivity index is 1.88. The van der Waals surface area contributed by atoms with E-state index in [2.05, 4.69) is 5.32 Å². The second-order valence-corrected chi connectivity index (χ2v) is 5.07. The number of nitrogens with one attached hydrogen (secondary N) is 1. The molecule has 88 valence electrons. The van der Waals surface area contributed by atoms with Gasteiger partial charge in [-0.2, -0.15) is 11.8 Å². The van der Waals surface area contributed by atoms with Crippen LogP contribution in [-0.2, 0) is 6.54 Å². The highest BCUT2D eigenvalue weighted by Crippen LogP contribution is 2.18. The molecule has 1 aliphatic heterocycles. The lowest BCUT2D eigenvalue weighted by atomic mass is 10.1. The van der Waals surface area contributed by atoms with Gasteiger partial charge in [0.25, 0.3) is 0 Å². The van der Waals surface area contributed by atoms with Gasteiger partial charge in [0.15, 0.2) is 0 Å². The zero-order valence-corrected chi connectivity index (χ0v) is 9.76. The molecule has 2 rings (SSSR count). The maximum Gasteiger partial charge on any atom is 0.372 e. The van der Waals surface area contributed by atoms with Crippen LogP contribution in [0.3, 0.4) is 0 Å². The number of carbonyl (C=O) groups is 1. The van der Waals surface area contributed by atoms with Gasteiger partial charge in [-0.1, -0.05) is 0 Å². The van der Waals surface area contributed by atoms with Crippen LogP contribution in [0.25, 0.3) is 0 Å². The van der Waals surface area contributed by atoms with Crippen molar-refractivity contribution in [2.75, 3.05) is 11.5 Å². The summed E-state index contributed by atoms with van der Waals surface area (Å²) in [5, 5.41) is 12.2. The predicted octanol–water partition coefficient (Wildman–Crippen LogP) is 1.96. The van der Waals surface area contributed by atoms with Gasteiger partial charge in [-0.05, 0) is 30.4 Å². The molecule has 5 heteroatoms. The first-order chi connectivity index (χ1) is 7.77. The Kier molecular flexibility index (Phi) is 3.90. The fourth-order valence-electron chi connectivity index (χ4n) is 1.82. The molecule has 0 amide bonds. The average Bonchev–Trinajstić information content (AvgIpc) is 2.76. The maximum absolute atomic E-state index is 10.8. The van der Waals surface area contributed by atoms with Crippen molar-refractivity contribution < 1.29 is 14.3 Å². The Morgan fingerprint density at radius 2 is 2.31 bits per heavy atom. The predicted molar refractivity (Wildman–Crippen MR) is 62.9 cm³/mol. The van der Waals surface area contributed by atoms with Crippen molar-refractivity contribution in [3.8, 4) is 0 Å². The Morgan fingerprint density at radius 1 is 1.56 bits per heavy atom. The lowest BCUT2D eigenvalue weighted by Gasteiger charge is -2.22. The lowest BCUT2D eigenvalue weighted by Crippen LogP contribution is -2.32. The van der Waals surface area contributed by atoms with Crippen molar-refractivity contribution >= 4 is 17.7 Å². The molecule has 1 saturated heterocycles. The summed E-state index contributed by atoms with van der Waals surface area (Å²) in [5.74, 6) is 1.43. The molecule has 4 nitrogen and oxygen atoms in total. The molecule has 2 N–H and O–H groups in total. The van der Waals surface area contributed by atoms with E-state index < -0.39 is 5.97 Å². The molecular formula is C11H15NO3S. The van der Waals surface area contributed by atoms with Gasteiger partial charge >= 0.3 is 5.97 Å². The van der Waals surface area contributed by atoms with Crippen molar-refractivity contribution in [2.45, 2.75) is 25.4 Å². The van der Waals surface area contributed by atoms with Gasteiger partial charge in [-0.15, -0.1) is 0 Å². The summed E-state index contributed by atoms with van der Waals surface area (Å²) in [7, 11) is 0. The topological polar surface area (TPSA) is 62.5 Å². The lowest BCUT2D eigenvalue weighted by molar-refractivity contribution is 0.0660. The number of carboxylic acids is 1. The summed E-state index contributed by atoms with van der Waals surface area (Å²) < 4.78 is 4.92. The molecule has 16 heavy (non-hydrogen) atoms. The van der Waals surface area contributed by atoms with Crippen LogP contribution in [0.5, 0.6) is 0 Å². The molecule has 0 atom stereocenters. The third-order valence-corrected chi connectivity index (χ3v) is 3.79. The first-order valence-corrected chi connectivity index (χ1v) is 6.53. The standard InChI is InChI=1S/C11H15NO3S/c13-11(14)10-8(1-4-15-10)7-12-9-2-5-16-6-3-9/h1,4,9,12H,2-3,5-7H2,(H,13,14). The summed E-state index contributed by atoms with van der Waals surface area (Å²) >= 11 is 1.98. The number of aromatic carboxylic acids is 1. The molecule has 1 aromatic rings. The second kappa shape index (κ2) is 5.41. The summed E-state index contributed by atoms with van der Waals surface area (Å²) in [5.41, 5.74) is 0.728. The molecule has 0 aromatic carbocycles. The molecule has 0 aliphatic carbocycles. The number of rotatable bonds is 4. The Bertz CT molecular complexity index is 358. The molecular weight excluding hydrogens is 226 g/mol. The van der Waals surface area contributed by atoms with Crippen molar-refractivity contribution in [1.82, 2.24) is 5.32 Å². The summed E-state index contributed by atoms with van der Waals surface area (Å²) in [4.78, 5) is 10.8. The van der Waals surface area contributed by atoms with Crippen LogP contribution in [0.15, 0.2) is 16.7 Å². The summed E-state index contributed by atoms with van der Waals surface area (Å²) in [6.45, 7) is 0.577. The zero-order chi connectivity index (χ0) is 11.4. The van der Waals surface area contributed by atoms with Crippen LogP contribution < -0.4 is 5.32 Å². The first-order valence-electron chi connectivity index (χ1n) is 5.38. The fraction of sp³-hybridized carbons (Fsp3) is 0.545. The Morgan fingerprint density at radius 3 is 3.00 bits per heavy atom. The van der Waals surface area contributed by atoms with Gasteiger partial charge in [0.2, 0.25) is 5.76 Å². The van der Waals surface area contributed by atoms with Crippen LogP contribution in [0.1, 0.15) is 29.0 Å². The highest BCUT2D eigenvalue weighted by Gasteiger charge is 2.16. The number of hydrogen-bond acceptors (Lipinski definition) is 4. The van der Waals surface area contributed by atoms with Crippen molar-refractivity contribution in [1.29, 1.82) is 0 Å². The molecule has 1 fully saturated rings. The van der Waals surface area contributed by atoms with Crippen LogP contribution in [0.4, 0.5) is 0 Å². The van der Waals surface area contributed by atoms with Gasteiger partial charge in [0, 0.05) is 18.2 Å². The minimum atomic E-state index is -0.999. The van der Waals surface area contributed by atoms with Crippen molar-refractivity contribution in [3.05, 3.63) is 23.7 Å². The third-order valence-electron chi connectivity index (χ3n) is 2.74. The smallest absolute Gasteiger partial charge is 0.372 e. The quantitative estimate of drug-likeness (QED) is 0.843. The van der Waals surface area contributed by atoms with Gasteiger partial charge in [0.1, 0.15) is 0 Å². The molecule has 0 unspecified atom stereocenters. The van der Waals surface area contributed by atoms with Gasteiger partial charge in [-0.25, -0.2) is 4.79 Å². The number of carboxylic acid groups (broad SMARTS) is 1. The van der Waals surface area contributed by atoms with E-state index in [-0.39, 0.29) is 5.76 Å². The minimum Gasteiger partial charge on any atom is -0.475 e. The maximum atomic E-state index is 10.8. The summed E-state index contributed by atoms with van der Waals surface area (Å²) in [6, 6.07) is 2.23. The normalized spacial score (nSPS) is 17.5. The van der Waals surface area contributed by atoms with E-state index >= 15 is 0 Å². The SMILES string of the molecule is O=C(O)c1occc1CNC1CCSCC1. The second-order valence-electron chi connectivity index (χ2n) is 3.85. The molecule has 0 saturated carbocycles. The van der Waals surface area contributed by atoms with E-state index in [4.69, 9.17) is 9.52 Å². The van der Waals surface area contributed by atoms with Gasteiger partial charge in [-0.3, -0.25) is 0 Å². The van der Waals surface area contributed by atoms with E-state index in [1.54, 1.807) is 6.07 Å². The van der Waals surface area contributed by atoms with E-state index in [9.17, 15) is 4.79 Å². The molecule has 0 spiro atoms. The van der Waals surface area contributed by atoms with Crippen LogP contribution in [0.2, 0.25) is 0 Å². The highest BCUT2D eigenvalue weighted by molar-refractivity contribution is 7.99. The minimum absolute atomic E-state index is 0.0534. The Hall–Kier alpha value is -0.940. The van der Waals surface area contributed by atoms with Crippen molar-refractivity contribution in [3.63, 3.8) is 0 Å². The Labute approximate surface area is 98.4 Å². The number of furan rings is 1. The van der Waals surface area contributed by atoms with Gasteiger partial charge in [0.05, 0.1) is 6.26 Å². The van der Waals surface area contributed by atoms with E-state index in [1.807, 2.05) is 11.8 Å². The largest absolute Gasteiger partial charge is 0.475 e. The van der Waals surface area contributed by atoms with E-state index in [1.165, 1.54) is 17.8 Å². The molecule has 1 aliphatic rings. The van der Waals surface area contributed by atoms with Crippen LogP contribution in [0, 0.1) is 0 Å². The number of thioether (sulfide) groups is 1. The third kappa shape index (κ3) is 2.80. The van der Waals surface area contributed by atoms with Gasteiger partial charge < -0.3 is 14.8 Å². The summed E-state index contributed by atoms with van der Waals surface area (Å²) in [6.07, 6.45) is 3.74. The molecule has 0 radical (unpaired) electrons. The fourth-order valence-corrected chi connectivity index (χ4v) is 2.93. The zero-order valence-electron chi connectivity index (χ0n) is 8.94. The molecule has 1 aromatic heterocycles.